The summed E-state index contributed by atoms with van der Waals surface area (Å²) in [4.78, 5) is 23.7. The predicted molar refractivity (Wildman–Crippen MR) is 72.0 cm³/mol. The number of para-hydroxylation sites is 2. The van der Waals surface area contributed by atoms with Crippen molar-refractivity contribution in [3.63, 3.8) is 0 Å². The van der Waals surface area contributed by atoms with Crippen LogP contribution in [0.25, 0.3) is 0 Å². The van der Waals surface area contributed by atoms with Gasteiger partial charge in [-0.25, -0.2) is 0 Å². The fraction of sp³-hybridized carbons (Fsp3) is 0.462. The highest BCUT2D eigenvalue weighted by Gasteiger charge is 2.19. The van der Waals surface area contributed by atoms with Gasteiger partial charge in [-0.2, -0.15) is 0 Å². The Kier molecular flexibility index (Phi) is 4.33. The second kappa shape index (κ2) is 6.17. The Bertz CT molecular complexity index is 476. The van der Waals surface area contributed by atoms with Gasteiger partial charge in [-0.15, -0.1) is 0 Å². The van der Waals surface area contributed by atoms with E-state index in [1.165, 1.54) is 6.07 Å². The molecule has 0 radical (unpaired) electrons. The quantitative estimate of drug-likeness (QED) is 0.484. The molecule has 1 amide bonds. The van der Waals surface area contributed by atoms with E-state index in [1.807, 2.05) is 4.90 Å². The molecule has 1 heterocycles. The summed E-state index contributed by atoms with van der Waals surface area (Å²) in [5, 5.41) is 13.9. The normalized spacial score (nSPS) is 14.7. The number of anilines is 1. The average molecular weight is 263 g/mol. The number of likely N-dealkylation sites (tertiary alicyclic amines) is 1. The number of benzene rings is 1. The molecular weight excluding hydrogens is 246 g/mol. The highest BCUT2D eigenvalue weighted by atomic mass is 16.6. The van der Waals surface area contributed by atoms with Gasteiger partial charge in [0.25, 0.3) is 5.69 Å². The van der Waals surface area contributed by atoms with Crippen molar-refractivity contribution in [2.24, 2.45) is 0 Å². The van der Waals surface area contributed by atoms with E-state index in [-0.39, 0.29) is 11.6 Å². The van der Waals surface area contributed by atoms with Crippen molar-refractivity contribution in [1.29, 1.82) is 0 Å². The number of carbonyl (C=O) groups excluding carboxylic acids is 1. The van der Waals surface area contributed by atoms with E-state index in [4.69, 9.17) is 0 Å². The molecule has 1 saturated heterocycles. The Balaban J connectivity index is 1.79. The summed E-state index contributed by atoms with van der Waals surface area (Å²) in [5.74, 6) is 0.214. The molecule has 1 N–H and O–H groups in total. The van der Waals surface area contributed by atoms with Crippen LogP contribution in [-0.4, -0.2) is 35.4 Å². The summed E-state index contributed by atoms with van der Waals surface area (Å²) in [6.45, 7) is 2.17. The van der Waals surface area contributed by atoms with Gasteiger partial charge in [-0.05, 0) is 18.9 Å². The van der Waals surface area contributed by atoms with Gasteiger partial charge in [-0.1, -0.05) is 12.1 Å². The molecule has 1 fully saturated rings. The summed E-state index contributed by atoms with van der Waals surface area (Å²) in [6, 6.07) is 6.58. The first kappa shape index (κ1) is 13.3. The maximum Gasteiger partial charge on any atom is 0.292 e. The van der Waals surface area contributed by atoms with E-state index in [9.17, 15) is 14.9 Å². The van der Waals surface area contributed by atoms with E-state index < -0.39 is 4.92 Å². The van der Waals surface area contributed by atoms with Crippen molar-refractivity contribution in [3.05, 3.63) is 34.4 Å². The Morgan fingerprint density at radius 2 is 2.16 bits per heavy atom. The van der Waals surface area contributed by atoms with Crippen LogP contribution in [0, 0.1) is 10.1 Å². The molecule has 1 aliphatic heterocycles. The van der Waals surface area contributed by atoms with Crippen LogP contribution in [-0.2, 0) is 4.79 Å². The molecule has 19 heavy (non-hydrogen) atoms. The fourth-order valence-electron chi connectivity index (χ4n) is 2.22. The van der Waals surface area contributed by atoms with Gasteiger partial charge in [0.05, 0.1) is 4.92 Å². The SMILES string of the molecule is O=C1CCCN1CCCNc1ccccc1[N+](=O)[O-]. The standard InChI is InChI=1S/C13H17N3O3/c17-13-7-3-9-15(13)10-4-8-14-11-5-1-2-6-12(11)16(18)19/h1-2,5-6,14H,3-4,7-10H2. The average Bonchev–Trinajstić information content (AvgIpc) is 2.80. The zero-order valence-corrected chi connectivity index (χ0v) is 10.7. The Labute approximate surface area is 111 Å². The molecular formula is C13H17N3O3. The second-order valence-corrected chi connectivity index (χ2v) is 4.54. The molecule has 0 unspecified atom stereocenters. The van der Waals surface area contributed by atoms with Gasteiger partial charge in [0.15, 0.2) is 0 Å². The number of nitrogens with zero attached hydrogens (tertiary/aromatic N) is 2. The first-order chi connectivity index (χ1) is 9.18. The molecule has 0 bridgehead atoms. The number of carbonyl (C=O) groups is 1. The predicted octanol–water partition coefficient (Wildman–Crippen LogP) is 2.02. The molecule has 102 valence electrons. The topological polar surface area (TPSA) is 75.5 Å². The number of nitro groups is 1. The second-order valence-electron chi connectivity index (χ2n) is 4.54. The summed E-state index contributed by atoms with van der Waals surface area (Å²) in [6.07, 6.45) is 2.38. The van der Waals surface area contributed by atoms with E-state index >= 15 is 0 Å². The molecule has 6 heteroatoms. The minimum Gasteiger partial charge on any atom is -0.379 e. The molecule has 0 aliphatic carbocycles. The van der Waals surface area contributed by atoms with E-state index in [1.54, 1.807) is 18.2 Å². The number of hydrogen-bond acceptors (Lipinski definition) is 4. The number of nitrogens with one attached hydrogen (secondary N) is 1. The first-order valence-corrected chi connectivity index (χ1v) is 6.43. The molecule has 0 spiro atoms. The molecule has 2 rings (SSSR count). The number of rotatable bonds is 6. The van der Waals surface area contributed by atoms with Crippen LogP contribution in [0.15, 0.2) is 24.3 Å². The van der Waals surface area contributed by atoms with Crippen molar-refractivity contribution in [3.8, 4) is 0 Å². The van der Waals surface area contributed by atoms with E-state index in [0.29, 0.717) is 25.2 Å². The molecule has 0 saturated carbocycles. The third kappa shape index (κ3) is 3.43. The van der Waals surface area contributed by atoms with Gasteiger partial charge in [0.2, 0.25) is 5.91 Å². The Hall–Kier alpha value is -2.11. The molecule has 1 aromatic carbocycles. The lowest BCUT2D eigenvalue weighted by atomic mass is 10.2. The van der Waals surface area contributed by atoms with Crippen molar-refractivity contribution >= 4 is 17.3 Å². The van der Waals surface area contributed by atoms with Gasteiger partial charge >= 0.3 is 0 Å². The largest absolute Gasteiger partial charge is 0.379 e. The highest BCUT2D eigenvalue weighted by molar-refractivity contribution is 5.78. The van der Waals surface area contributed by atoms with Crippen LogP contribution in [0.5, 0.6) is 0 Å². The van der Waals surface area contributed by atoms with E-state index in [0.717, 1.165) is 19.4 Å². The lowest BCUT2D eigenvalue weighted by Crippen LogP contribution is -2.27. The van der Waals surface area contributed by atoms with Gasteiger partial charge in [-0.3, -0.25) is 14.9 Å². The maximum atomic E-state index is 11.4. The van der Waals surface area contributed by atoms with Crippen LogP contribution in [0.2, 0.25) is 0 Å². The summed E-state index contributed by atoms with van der Waals surface area (Å²) in [7, 11) is 0. The smallest absolute Gasteiger partial charge is 0.292 e. The lowest BCUT2D eigenvalue weighted by Gasteiger charge is -2.15. The molecule has 0 aromatic heterocycles. The molecule has 1 aliphatic rings. The fourth-order valence-corrected chi connectivity index (χ4v) is 2.22. The zero-order valence-electron chi connectivity index (χ0n) is 10.7. The summed E-state index contributed by atoms with van der Waals surface area (Å²) < 4.78 is 0. The van der Waals surface area contributed by atoms with Crippen LogP contribution >= 0.6 is 0 Å². The van der Waals surface area contributed by atoms with Crippen LogP contribution < -0.4 is 5.32 Å². The third-order valence-electron chi connectivity index (χ3n) is 3.19. The Morgan fingerprint density at radius 3 is 2.84 bits per heavy atom. The zero-order chi connectivity index (χ0) is 13.7. The molecule has 0 atom stereocenters. The van der Waals surface area contributed by atoms with Crippen LogP contribution in [0.1, 0.15) is 19.3 Å². The molecule has 6 nitrogen and oxygen atoms in total. The van der Waals surface area contributed by atoms with Gasteiger partial charge < -0.3 is 10.2 Å². The number of amides is 1. The molecule has 1 aromatic rings. The first-order valence-electron chi connectivity index (χ1n) is 6.43. The third-order valence-corrected chi connectivity index (χ3v) is 3.19. The Morgan fingerprint density at radius 1 is 1.37 bits per heavy atom. The van der Waals surface area contributed by atoms with Crippen molar-refractivity contribution in [2.45, 2.75) is 19.3 Å². The number of hydrogen-bond donors (Lipinski definition) is 1. The van der Waals surface area contributed by atoms with Crippen LogP contribution in [0.4, 0.5) is 11.4 Å². The number of nitro benzene ring substituents is 1. The van der Waals surface area contributed by atoms with Gasteiger partial charge in [0.1, 0.15) is 5.69 Å². The van der Waals surface area contributed by atoms with E-state index in [2.05, 4.69) is 5.32 Å². The summed E-state index contributed by atoms with van der Waals surface area (Å²) in [5.41, 5.74) is 0.611. The van der Waals surface area contributed by atoms with Gasteiger partial charge in [0, 0.05) is 32.1 Å². The van der Waals surface area contributed by atoms with Crippen LogP contribution in [0.3, 0.4) is 0 Å². The van der Waals surface area contributed by atoms with Crippen molar-refractivity contribution < 1.29 is 9.72 Å². The van der Waals surface area contributed by atoms with Crippen molar-refractivity contribution in [1.82, 2.24) is 4.90 Å². The maximum absolute atomic E-state index is 11.4. The minimum atomic E-state index is -0.396. The highest BCUT2D eigenvalue weighted by Crippen LogP contribution is 2.22. The minimum absolute atomic E-state index is 0.0831. The monoisotopic (exact) mass is 263 g/mol. The summed E-state index contributed by atoms with van der Waals surface area (Å²) >= 11 is 0. The lowest BCUT2D eigenvalue weighted by molar-refractivity contribution is -0.384. The van der Waals surface area contributed by atoms with Crippen molar-refractivity contribution in [2.75, 3.05) is 25.0 Å².